The minimum absolute atomic E-state index is 0.0513. The number of nitrogens with one attached hydrogen (secondary N) is 1. The van der Waals surface area contributed by atoms with Gasteiger partial charge in [-0.1, -0.05) is 17.7 Å². The number of nitrogens with zero attached hydrogens (tertiary/aromatic N) is 2. The summed E-state index contributed by atoms with van der Waals surface area (Å²) in [5.41, 5.74) is 1.76. The van der Waals surface area contributed by atoms with Gasteiger partial charge in [0.15, 0.2) is 0 Å². The number of carbonyl (C=O) groups is 2. The van der Waals surface area contributed by atoms with Crippen LogP contribution < -0.4 is 5.32 Å². The fourth-order valence-corrected chi connectivity index (χ4v) is 4.64. The van der Waals surface area contributed by atoms with E-state index in [0.717, 1.165) is 56.6 Å². The molecule has 0 aliphatic carbocycles. The maximum atomic E-state index is 12.8. The lowest BCUT2D eigenvalue weighted by molar-refractivity contribution is -0.0143. The van der Waals surface area contributed by atoms with Gasteiger partial charge in [-0.15, -0.1) is 0 Å². The number of ether oxygens (including phenoxy) is 1. The molecule has 4 rings (SSSR count). The molecular weight excluding hydrogens is 330 g/mol. The highest BCUT2D eigenvalue weighted by molar-refractivity contribution is 5.94. The second-order valence-corrected chi connectivity index (χ2v) is 7.76. The van der Waals surface area contributed by atoms with Gasteiger partial charge in [-0.05, 0) is 44.7 Å². The summed E-state index contributed by atoms with van der Waals surface area (Å²) < 4.78 is 5.52. The summed E-state index contributed by atoms with van der Waals surface area (Å²) in [5.74, 6) is 0.0961. The molecule has 1 aromatic carbocycles. The van der Waals surface area contributed by atoms with Crippen LogP contribution in [-0.2, 0) is 4.74 Å². The average molecular weight is 357 g/mol. The van der Waals surface area contributed by atoms with Crippen molar-refractivity contribution in [1.82, 2.24) is 15.1 Å². The summed E-state index contributed by atoms with van der Waals surface area (Å²) in [4.78, 5) is 29.3. The van der Waals surface area contributed by atoms with Gasteiger partial charge >= 0.3 is 6.03 Å². The predicted molar refractivity (Wildman–Crippen MR) is 98.1 cm³/mol. The molecule has 0 aromatic heterocycles. The van der Waals surface area contributed by atoms with E-state index in [0.29, 0.717) is 13.1 Å². The molecule has 3 aliphatic heterocycles. The molecule has 1 aromatic rings. The van der Waals surface area contributed by atoms with Gasteiger partial charge in [-0.2, -0.15) is 0 Å². The second kappa shape index (κ2) is 6.91. The van der Waals surface area contributed by atoms with Crippen LogP contribution in [0, 0.1) is 6.92 Å². The summed E-state index contributed by atoms with van der Waals surface area (Å²) in [5, 5.41) is 3.04. The van der Waals surface area contributed by atoms with Crippen molar-refractivity contribution < 1.29 is 14.3 Å². The second-order valence-electron chi connectivity index (χ2n) is 7.76. The molecule has 1 spiro atoms. The number of piperidine rings is 1. The van der Waals surface area contributed by atoms with E-state index in [-0.39, 0.29) is 23.5 Å². The third-order valence-electron chi connectivity index (χ3n) is 6.10. The molecule has 3 fully saturated rings. The Morgan fingerprint density at radius 2 is 1.96 bits per heavy atom. The molecule has 0 atom stereocenters. The largest absolute Gasteiger partial charge is 0.381 e. The number of benzene rings is 1. The molecule has 3 aliphatic rings. The Morgan fingerprint density at radius 3 is 2.65 bits per heavy atom. The van der Waals surface area contributed by atoms with E-state index in [1.165, 1.54) is 0 Å². The van der Waals surface area contributed by atoms with Crippen molar-refractivity contribution in [2.75, 3.05) is 32.8 Å². The number of carbonyl (C=O) groups excluding carboxylic acids is 2. The van der Waals surface area contributed by atoms with Gasteiger partial charge in [-0.3, -0.25) is 4.79 Å². The van der Waals surface area contributed by atoms with Gasteiger partial charge in [-0.25, -0.2) is 4.79 Å². The number of amides is 3. The Labute approximate surface area is 154 Å². The molecular formula is C20H27N3O3. The summed E-state index contributed by atoms with van der Waals surface area (Å²) in [7, 11) is 0. The van der Waals surface area contributed by atoms with E-state index in [1.54, 1.807) is 0 Å². The van der Waals surface area contributed by atoms with Crippen molar-refractivity contribution >= 4 is 11.9 Å². The normalized spacial score (nSPS) is 23.3. The van der Waals surface area contributed by atoms with E-state index in [4.69, 9.17) is 4.74 Å². The number of urea groups is 1. The number of rotatable bonds is 2. The fraction of sp³-hybridized carbons (Fsp3) is 0.600. The molecule has 140 valence electrons. The molecule has 1 N–H and O–H groups in total. The first-order chi connectivity index (χ1) is 12.6. The van der Waals surface area contributed by atoms with Gasteiger partial charge in [0.1, 0.15) is 0 Å². The van der Waals surface area contributed by atoms with Gasteiger partial charge in [0.05, 0.1) is 5.54 Å². The maximum Gasteiger partial charge on any atom is 0.318 e. The lowest BCUT2D eigenvalue weighted by Crippen LogP contribution is -2.57. The van der Waals surface area contributed by atoms with Crippen LogP contribution in [0.25, 0.3) is 0 Å². The van der Waals surface area contributed by atoms with Gasteiger partial charge in [0.2, 0.25) is 0 Å². The minimum Gasteiger partial charge on any atom is -0.381 e. The van der Waals surface area contributed by atoms with Crippen molar-refractivity contribution in [3.05, 3.63) is 35.4 Å². The van der Waals surface area contributed by atoms with Gasteiger partial charge in [0.25, 0.3) is 5.91 Å². The third-order valence-corrected chi connectivity index (χ3v) is 6.10. The summed E-state index contributed by atoms with van der Waals surface area (Å²) in [6.07, 6.45) is 3.48. The monoisotopic (exact) mass is 357 g/mol. The summed E-state index contributed by atoms with van der Waals surface area (Å²) in [6, 6.07) is 8.01. The van der Waals surface area contributed by atoms with Crippen LogP contribution in [0.1, 0.15) is 41.6 Å². The maximum absolute atomic E-state index is 12.8. The highest BCUT2D eigenvalue weighted by Crippen LogP contribution is 2.35. The lowest BCUT2D eigenvalue weighted by atomic mass is 9.86. The van der Waals surface area contributed by atoms with Crippen LogP contribution in [0.3, 0.4) is 0 Å². The smallest absolute Gasteiger partial charge is 0.318 e. The van der Waals surface area contributed by atoms with E-state index in [1.807, 2.05) is 36.1 Å². The van der Waals surface area contributed by atoms with Crippen molar-refractivity contribution in [3.8, 4) is 0 Å². The minimum atomic E-state index is -0.0945. The molecule has 3 saturated heterocycles. The molecule has 3 heterocycles. The van der Waals surface area contributed by atoms with Crippen molar-refractivity contribution in [2.24, 2.45) is 0 Å². The number of hydrogen-bond donors (Lipinski definition) is 1. The topological polar surface area (TPSA) is 61.9 Å². The number of hydrogen-bond acceptors (Lipinski definition) is 3. The van der Waals surface area contributed by atoms with Crippen molar-refractivity contribution in [2.45, 2.75) is 44.2 Å². The molecule has 6 nitrogen and oxygen atoms in total. The molecule has 0 saturated carbocycles. The zero-order valence-corrected chi connectivity index (χ0v) is 15.4. The molecule has 3 amide bonds. The Bertz CT molecular complexity index is 691. The van der Waals surface area contributed by atoms with Crippen LogP contribution in [0.5, 0.6) is 0 Å². The lowest BCUT2D eigenvalue weighted by Gasteiger charge is -2.46. The van der Waals surface area contributed by atoms with Crippen molar-refractivity contribution in [1.29, 1.82) is 0 Å². The van der Waals surface area contributed by atoms with E-state index >= 15 is 0 Å². The highest BCUT2D eigenvalue weighted by atomic mass is 16.5. The first kappa shape index (κ1) is 17.3. The SMILES string of the molecule is Cc1cccc(C(=O)N2CCC(N3C(=O)NCC34CCOCC4)CC2)c1. The Hall–Kier alpha value is -2.08. The van der Waals surface area contributed by atoms with E-state index in [2.05, 4.69) is 10.2 Å². The Kier molecular flexibility index (Phi) is 4.61. The molecule has 26 heavy (non-hydrogen) atoms. The molecule has 0 bridgehead atoms. The van der Waals surface area contributed by atoms with Crippen LogP contribution >= 0.6 is 0 Å². The predicted octanol–water partition coefficient (Wildman–Crippen LogP) is 2.17. The molecule has 0 unspecified atom stereocenters. The first-order valence-electron chi connectivity index (χ1n) is 9.60. The fourth-order valence-electron chi connectivity index (χ4n) is 4.64. The number of aryl methyl sites for hydroxylation is 1. The zero-order valence-electron chi connectivity index (χ0n) is 15.4. The molecule has 0 radical (unpaired) electrons. The summed E-state index contributed by atoms with van der Waals surface area (Å²) >= 11 is 0. The standard InChI is InChI=1S/C20H27N3O3/c1-15-3-2-4-16(13-15)18(24)22-9-5-17(6-10-22)23-19(25)21-14-20(23)7-11-26-12-8-20/h2-4,13,17H,5-12,14H2,1H3,(H,21,25). The van der Waals surface area contributed by atoms with Crippen molar-refractivity contribution in [3.63, 3.8) is 0 Å². The summed E-state index contributed by atoms with van der Waals surface area (Å²) in [6.45, 7) is 5.56. The third kappa shape index (κ3) is 3.07. The van der Waals surface area contributed by atoms with Gasteiger partial charge < -0.3 is 19.9 Å². The van der Waals surface area contributed by atoms with E-state index < -0.39 is 0 Å². The number of likely N-dealkylation sites (tertiary alicyclic amines) is 1. The van der Waals surface area contributed by atoms with Crippen LogP contribution in [0.2, 0.25) is 0 Å². The van der Waals surface area contributed by atoms with Gasteiger partial charge in [0, 0.05) is 44.5 Å². The Morgan fingerprint density at radius 1 is 1.23 bits per heavy atom. The quantitative estimate of drug-likeness (QED) is 0.882. The Balaban J connectivity index is 1.43. The highest BCUT2D eigenvalue weighted by Gasteiger charge is 2.49. The first-order valence-corrected chi connectivity index (χ1v) is 9.60. The zero-order chi connectivity index (χ0) is 18.1. The van der Waals surface area contributed by atoms with Crippen LogP contribution in [0.15, 0.2) is 24.3 Å². The molecule has 6 heteroatoms. The van der Waals surface area contributed by atoms with Crippen LogP contribution in [-0.4, -0.2) is 66.2 Å². The van der Waals surface area contributed by atoms with Crippen LogP contribution in [0.4, 0.5) is 4.79 Å². The average Bonchev–Trinajstić information content (AvgIpc) is 2.97. The van der Waals surface area contributed by atoms with E-state index in [9.17, 15) is 9.59 Å².